The van der Waals surface area contributed by atoms with Gasteiger partial charge in [0.05, 0.1) is 10.7 Å². The fraction of sp³-hybridized carbons (Fsp3) is 0.167. The van der Waals surface area contributed by atoms with Gasteiger partial charge < -0.3 is 9.64 Å². The van der Waals surface area contributed by atoms with Crippen LogP contribution in [0.4, 0.5) is 16.2 Å². The standard InChI is InChI=1S/C42H33Cl2N3O4/c43-30-13-7-8-27(20-30)25-51-38-15-14-26(22-37(38)44)21-36-40(48)45-42(50)47(41(36)49)31-23-34-32(28-9-3-1-4-10-28)16-18-46-19-17-33(35(24-31)39(34)46)29-11-5-2-6-12-29/h1-15,20-24,32-33H,16-19,25H2,(H,45,48,50)/b36-21+/t32-,33+. The lowest BCUT2D eigenvalue weighted by Gasteiger charge is -2.44. The van der Waals surface area contributed by atoms with Gasteiger partial charge in [0.25, 0.3) is 11.8 Å². The first-order valence-corrected chi connectivity index (χ1v) is 17.7. The lowest BCUT2D eigenvalue weighted by Crippen LogP contribution is -2.54. The molecule has 5 aromatic carbocycles. The van der Waals surface area contributed by atoms with Gasteiger partial charge in [-0.1, -0.05) is 102 Å². The van der Waals surface area contributed by atoms with E-state index in [1.165, 1.54) is 22.9 Å². The average Bonchev–Trinajstić information content (AvgIpc) is 3.14. The Bertz CT molecular complexity index is 2130. The number of nitrogens with one attached hydrogen (secondary N) is 1. The summed E-state index contributed by atoms with van der Waals surface area (Å²) >= 11 is 12.7. The first-order chi connectivity index (χ1) is 24.8. The van der Waals surface area contributed by atoms with Crippen LogP contribution in [0.1, 0.15) is 58.1 Å². The fourth-order valence-electron chi connectivity index (χ4n) is 7.54. The van der Waals surface area contributed by atoms with Gasteiger partial charge in [-0.05, 0) is 88.7 Å². The molecule has 9 heteroatoms. The number of imide groups is 2. The number of anilines is 2. The van der Waals surface area contributed by atoms with Crippen molar-refractivity contribution >= 4 is 58.5 Å². The Morgan fingerprint density at radius 3 is 2.00 bits per heavy atom. The number of carbonyl (C=O) groups excluding carboxylic acids is 3. The number of hydrogen-bond acceptors (Lipinski definition) is 5. The lowest BCUT2D eigenvalue weighted by molar-refractivity contribution is -0.122. The third-order valence-corrected chi connectivity index (χ3v) is 10.4. The van der Waals surface area contributed by atoms with Crippen LogP contribution < -0.4 is 19.9 Å². The summed E-state index contributed by atoms with van der Waals surface area (Å²) in [5, 5.41) is 3.32. The summed E-state index contributed by atoms with van der Waals surface area (Å²) in [7, 11) is 0. The predicted octanol–water partition coefficient (Wildman–Crippen LogP) is 9.12. The van der Waals surface area contributed by atoms with E-state index in [0.29, 0.717) is 27.0 Å². The van der Waals surface area contributed by atoms with E-state index in [4.69, 9.17) is 27.9 Å². The number of rotatable bonds is 7. The average molecular weight is 715 g/mol. The lowest BCUT2D eigenvalue weighted by atomic mass is 9.76. The smallest absolute Gasteiger partial charge is 0.335 e. The molecule has 1 saturated heterocycles. The minimum atomic E-state index is -0.784. The Morgan fingerprint density at radius 1 is 0.745 bits per heavy atom. The van der Waals surface area contributed by atoms with Crippen LogP contribution in [0.3, 0.4) is 0 Å². The third-order valence-electron chi connectivity index (χ3n) is 9.91. The number of carbonyl (C=O) groups is 3. The molecule has 3 heterocycles. The van der Waals surface area contributed by atoms with E-state index < -0.39 is 17.8 Å². The first kappa shape index (κ1) is 32.8. The molecule has 0 aromatic heterocycles. The van der Waals surface area contributed by atoms with Crippen LogP contribution in [0.15, 0.2) is 121 Å². The monoisotopic (exact) mass is 713 g/mol. The zero-order valence-electron chi connectivity index (χ0n) is 27.5. The van der Waals surface area contributed by atoms with Crippen molar-refractivity contribution in [2.75, 3.05) is 22.9 Å². The largest absolute Gasteiger partial charge is 0.487 e. The predicted molar refractivity (Wildman–Crippen MR) is 201 cm³/mol. The van der Waals surface area contributed by atoms with E-state index >= 15 is 0 Å². The summed E-state index contributed by atoms with van der Waals surface area (Å²) in [6, 6.07) is 36.2. The highest BCUT2D eigenvalue weighted by atomic mass is 35.5. The molecule has 51 heavy (non-hydrogen) atoms. The third kappa shape index (κ3) is 6.39. The molecule has 7 nitrogen and oxygen atoms in total. The van der Waals surface area contributed by atoms with E-state index in [1.54, 1.807) is 24.3 Å². The van der Waals surface area contributed by atoms with Crippen molar-refractivity contribution < 1.29 is 19.1 Å². The molecule has 0 spiro atoms. The van der Waals surface area contributed by atoms with Crippen molar-refractivity contribution in [3.63, 3.8) is 0 Å². The molecule has 4 amide bonds. The van der Waals surface area contributed by atoms with Gasteiger partial charge in [-0.3, -0.25) is 14.9 Å². The molecule has 0 saturated carbocycles. The zero-order chi connectivity index (χ0) is 35.1. The van der Waals surface area contributed by atoms with Crippen LogP contribution in [0, 0.1) is 0 Å². The van der Waals surface area contributed by atoms with Gasteiger partial charge in [-0.2, -0.15) is 0 Å². The molecule has 0 bridgehead atoms. The van der Waals surface area contributed by atoms with Gasteiger partial charge in [0.2, 0.25) is 0 Å². The van der Waals surface area contributed by atoms with Crippen LogP contribution in [0.2, 0.25) is 10.0 Å². The molecule has 3 aliphatic rings. The van der Waals surface area contributed by atoms with Crippen LogP contribution in [-0.4, -0.2) is 30.9 Å². The van der Waals surface area contributed by atoms with Gasteiger partial charge in [-0.25, -0.2) is 9.69 Å². The molecule has 254 valence electrons. The molecule has 1 fully saturated rings. The highest BCUT2D eigenvalue weighted by Gasteiger charge is 2.40. The van der Waals surface area contributed by atoms with E-state index in [2.05, 4.69) is 34.5 Å². The molecule has 0 radical (unpaired) electrons. The zero-order valence-corrected chi connectivity index (χ0v) is 29.0. The number of urea groups is 1. The quantitative estimate of drug-likeness (QED) is 0.134. The molecule has 0 aliphatic carbocycles. The summed E-state index contributed by atoms with van der Waals surface area (Å²) < 4.78 is 5.90. The Labute approximate surface area is 306 Å². The number of barbiturate groups is 1. The minimum Gasteiger partial charge on any atom is -0.487 e. The maximum absolute atomic E-state index is 14.2. The van der Waals surface area contributed by atoms with Gasteiger partial charge in [0, 0.05) is 35.6 Å². The van der Waals surface area contributed by atoms with Crippen LogP contribution in [-0.2, 0) is 16.2 Å². The molecule has 8 rings (SSSR count). The molecular formula is C42H33Cl2N3O4. The van der Waals surface area contributed by atoms with E-state index in [0.717, 1.165) is 47.5 Å². The Kier molecular flexibility index (Phi) is 8.84. The number of nitrogens with zero attached hydrogens (tertiary/aromatic N) is 2. The van der Waals surface area contributed by atoms with Crippen molar-refractivity contribution in [1.29, 1.82) is 0 Å². The van der Waals surface area contributed by atoms with E-state index in [-0.39, 0.29) is 24.0 Å². The van der Waals surface area contributed by atoms with E-state index in [1.807, 2.05) is 66.7 Å². The molecule has 0 unspecified atom stereocenters. The van der Waals surface area contributed by atoms with Crippen molar-refractivity contribution in [3.8, 4) is 5.75 Å². The topological polar surface area (TPSA) is 79.0 Å². The highest BCUT2D eigenvalue weighted by Crippen LogP contribution is 2.50. The summed E-state index contributed by atoms with van der Waals surface area (Å²) in [6.07, 6.45) is 3.26. The van der Waals surface area contributed by atoms with Crippen LogP contribution in [0.25, 0.3) is 6.08 Å². The molecular weight excluding hydrogens is 681 g/mol. The van der Waals surface area contributed by atoms with Gasteiger partial charge in [-0.15, -0.1) is 0 Å². The van der Waals surface area contributed by atoms with Crippen molar-refractivity contribution in [2.24, 2.45) is 0 Å². The number of ether oxygens (including phenoxy) is 1. The van der Waals surface area contributed by atoms with E-state index in [9.17, 15) is 14.4 Å². The minimum absolute atomic E-state index is 0.0759. The second-order valence-electron chi connectivity index (χ2n) is 13.0. The van der Waals surface area contributed by atoms with Crippen molar-refractivity contribution in [2.45, 2.75) is 31.3 Å². The van der Waals surface area contributed by atoms with Gasteiger partial charge in [0.15, 0.2) is 0 Å². The summed E-state index contributed by atoms with van der Waals surface area (Å²) in [5.74, 6) is -0.884. The molecule has 2 atom stereocenters. The number of benzene rings is 5. The summed E-state index contributed by atoms with van der Waals surface area (Å²) in [4.78, 5) is 44.5. The highest BCUT2D eigenvalue weighted by molar-refractivity contribution is 6.39. The SMILES string of the molecule is O=C1NC(=O)N(c2cc3c4c(c2)[C@H](c2ccccc2)CCN4CC[C@@H]3c2ccccc2)C(=O)/C1=C/c1ccc(OCc2cccc(Cl)c2)c(Cl)c1. The summed E-state index contributed by atoms with van der Waals surface area (Å²) in [5.41, 5.74) is 7.32. The van der Waals surface area contributed by atoms with Crippen LogP contribution in [0.5, 0.6) is 5.75 Å². The molecule has 3 aliphatic heterocycles. The number of hydrogen-bond donors (Lipinski definition) is 1. The van der Waals surface area contributed by atoms with Gasteiger partial charge in [0.1, 0.15) is 17.9 Å². The number of halogens is 2. The Hall–Kier alpha value is -5.37. The Balaban J connectivity index is 1.16. The second-order valence-corrected chi connectivity index (χ2v) is 13.9. The second kappa shape index (κ2) is 13.7. The number of amides is 4. The first-order valence-electron chi connectivity index (χ1n) is 16.9. The van der Waals surface area contributed by atoms with Gasteiger partial charge >= 0.3 is 6.03 Å². The van der Waals surface area contributed by atoms with Crippen molar-refractivity contribution in [1.82, 2.24) is 5.32 Å². The normalized spacial score (nSPS) is 19.2. The Morgan fingerprint density at radius 2 is 1.39 bits per heavy atom. The molecule has 5 aromatic rings. The van der Waals surface area contributed by atoms with Crippen LogP contribution >= 0.6 is 23.2 Å². The van der Waals surface area contributed by atoms with Crippen molar-refractivity contribution in [3.05, 3.63) is 164 Å². The molecule has 1 N–H and O–H groups in total. The maximum atomic E-state index is 14.2. The summed E-state index contributed by atoms with van der Waals surface area (Å²) in [6.45, 7) is 2.09. The maximum Gasteiger partial charge on any atom is 0.335 e. The fourth-order valence-corrected chi connectivity index (χ4v) is 8.00.